The first-order valence-corrected chi connectivity index (χ1v) is 11.1. The smallest absolute Gasteiger partial charge is 0.232 e. The lowest BCUT2D eigenvalue weighted by Gasteiger charge is -2.11. The Morgan fingerprint density at radius 2 is 2.15 bits per heavy atom. The van der Waals surface area contributed by atoms with E-state index in [1.165, 1.54) is 11.6 Å². The van der Waals surface area contributed by atoms with Crippen LogP contribution in [0.4, 0.5) is 0 Å². The maximum absolute atomic E-state index is 11.9. The van der Waals surface area contributed by atoms with Gasteiger partial charge in [0.15, 0.2) is 0 Å². The fourth-order valence-corrected chi connectivity index (χ4v) is 3.55. The molecule has 1 aromatic rings. The highest BCUT2D eigenvalue weighted by molar-refractivity contribution is 7.58. The number of rotatable bonds is 11. The second-order valence-electron chi connectivity index (χ2n) is 6.86. The molecule has 0 saturated carbocycles. The van der Waals surface area contributed by atoms with Gasteiger partial charge in [-0.3, -0.25) is 23.8 Å². The van der Waals surface area contributed by atoms with Crippen molar-refractivity contribution in [1.29, 1.82) is 0 Å². The van der Waals surface area contributed by atoms with Crippen molar-refractivity contribution in [3.63, 3.8) is 0 Å². The number of amides is 2. The lowest BCUT2D eigenvalue weighted by Crippen LogP contribution is -2.29. The molecule has 2 rings (SSSR count). The van der Waals surface area contributed by atoms with E-state index in [0.29, 0.717) is 31.9 Å². The zero-order valence-electron chi connectivity index (χ0n) is 15.5. The zero-order chi connectivity index (χ0) is 20.0. The predicted molar refractivity (Wildman–Crippen MR) is 95.0 cm³/mol. The van der Waals surface area contributed by atoms with Crippen LogP contribution in [-0.2, 0) is 36.8 Å². The molecule has 0 spiro atoms. The molecule has 10 nitrogen and oxygen atoms in total. The van der Waals surface area contributed by atoms with Crippen LogP contribution in [0.5, 0.6) is 0 Å². The summed E-state index contributed by atoms with van der Waals surface area (Å²) in [6.07, 6.45) is 2.30. The maximum atomic E-state index is 11.9. The molecule has 1 fully saturated rings. The van der Waals surface area contributed by atoms with Gasteiger partial charge in [-0.15, -0.1) is 5.10 Å². The van der Waals surface area contributed by atoms with E-state index >= 15 is 0 Å². The van der Waals surface area contributed by atoms with Crippen molar-refractivity contribution >= 4 is 25.0 Å². The monoisotopic (exact) mass is 400 g/mol. The van der Waals surface area contributed by atoms with Gasteiger partial charge in [-0.1, -0.05) is 12.1 Å². The Kier molecular flexibility index (Phi) is 7.41. The van der Waals surface area contributed by atoms with Crippen LogP contribution in [0.25, 0.3) is 0 Å². The second kappa shape index (κ2) is 9.34. The second-order valence-corrected chi connectivity index (χ2v) is 9.28. The molecule has 1 aliphatic heterocycles. The molecule has 11 heteroatoms. The number of carbonyl (C=O) groups excluding carboxylic acids is 3. The highest BCUT2D eigenvalue weighted by atomic mass is 31.2. The van der Waals surface area contributed by atoms with Gasteiger partial charge >= 0.3 is 0 Å². The fourth-order valence-electron chi connectivity index (χ4n) is 2.73. The average Bonchev–Trinajstić information content (AvgIpc) is 3.09. The molecule has 0 radical (unpaired) electrons. The summed E-state index contributed by atoms with van der Waals surface area (Å²) < 4.78 is 18.1. The van der Waals surface area contributed by atoms with Crippen LogP contribution in [0.2, 0.25) is 0 Å². The summed E-state index contributed by atoms with van der Waals surface area (Å²) in [5.74, 6) is -0.906. The van der Waals surface area contributed by atoms with Crippen molar-refractivity contribution in [2.45, 2.75) is 39.3 Å². The average molecular weight is 400 g/mol. The van der Waals surface area contributed by atoms with E-state index in [2.05, 4.69) is 10.3 Å². The topological polar surface area (TPSA) is 132 Å². The molecule has 1 saturated heterocycles. The van der Waals surface area contributed by atoms with Crippen molar-refractivity contribution in [1.82, 2.24) is 19.9 Å². The summed E-state index contributed by atoms with van der Waals surface area (Å²) >= 11 is 0. The number of hydrogen-bond donors (Lipinski definition) is 1. The van der Waals surface area contributed by atoms with Crippen LogP contribution in [0.1, 0.15) is 31.9 Å². The minimum absolute atomic E-state index is 0.122. The number of nitrogens with zero attached hydrogens (tertiary/aromatic N) is 4. The number of Topliss-reactive ketones (excluding diaryl/α,β-unsaturated/α-hetero) is 1. The predicted octanol–water partition coefficient (Wildman–Crippen LogP) is 0.439. The molecule has 0 bridgehead atoms. The van der Waals surface area contributed by atoms with Gasteiger partial charge in [0, 0.05) is 32.0 Å². The minimum Gasteiger partial charge on any atom is -0.380 e. The van der Waals surface area contributed by atoms with Crippen LogP contribution in [0.3, 0.4) is 0 Å². The quantitative estimate of drug-likeness (QED) is 0.321. The van der Waals surface area contributed by atoms with Gasteiger partial charge in [-0.25, -0.2) is 4.68 Å². The molecule has 2 atom stereocenters. The number of hydrogen-bond acceptors (Lipinski definition) is 7. The summed E-state index contributed by atoms with van der Waals surface area (Å²) in [6.45, 7) is 4.19. The van der Waals surface area contributed by atoms with Crippen molar-refractivity contribution < 1.29 is 28.6 Å². The third kappa shape index (κ3) is 6.97. The van der Waals surface area contributed by atoms with Gasteiger partial charge in [0.2, 0.25) is 19.2 Å². The SMILES string of the molecule is CC1CC(=O)N(Cc2cn(CCOCCCC(=O)CP(C)(=O)O)nn2)C1=O. The first kappa shape index (κ1) is 21.4. The van der Waals surface area contributed by atoms with Crippen LogP contribution in [0, 0.1) is 5.92 Å². The van der Waals surface area contributed by atoms with Crippen LogP contribution in [0.15, 0.2) is 6.20 Å². The Hall–Kier alpha value is -1.90. The fraction of sp³-hybridized carbons (Fsp3) is 0.688. The van der Waals surface area contributed by atoms with E-state index in [0.717, 1.165) is 0 Å². The summed E-state index contributed by atoms with van der Waals surface area (Å²) in [5.41, 5.74) is 0.532. The molecular weight excluding hydrogens is 375 g/mol. The van der Waals surface area contributed by atoms with Gasteiger partial charge in [0.05, 0.1) is 32.1 Å². The molecule has 0 aromatic carbocycles. The molecule has 27 heavy (non-hydrogen) atoms. The number of carbonyl (C=O) groups is 3. The largest absolute Gasteiger partial charge is 0.380 e. The van der Waals surface area contributed by atoms with Crippen LogP contribution < -0.4 is 0 Å². The van der Waals surface area contributed by atoms with E-state index in [-0.39, 0.29) is 49.1 Å². The molecule has 0 aliphatic carbocycles. The van der Waals surface area contributed by atoms with Gasteiger partial charge in [0.25, 0.3) is 0 Å². The van der Waals surface area contributed by atoms with Gasteiger partial charge in [-0.05, 0) is 6.42 Å². The number of likely N-dealkylation sites (tertiary alicyclic amines) is 1. The van der Waals surface area contributed by atoms with Crippen LogP contribution in [-0.4, -0.2) is 68.4 Å². The number of ketones is 1. The molecule has 150 valence electrons. The van der Waals surface area contributed by atoms with E-state index in [9.17, 15) is 18.9 Å². The summed E-state index contributed by atoms with van der Waals surface area (Å²) in [6, 6.07) is 0. The van der Waals surface area contributed by atoms with E-state index < -0.39 is 7.37 Å². The van der Waals surface area contributed by atoms with Crippen molar-refractivity contribution in [3.8, 4) is 0 Å². The van der Waals surface area contributed by atoms with Gasteiger partial charge in [0.1, 0.15) is 11.5 Å². The lowest BCUT2D eigenvalue weighted by atomic mass is 10.1. The van der Waals surface area contributed by atoms with E-state index in [4.69, 9.17) is 9.63 Å². The molecular formula is C16H25N4O6P. The standard InChI is InChI=1S/C16H25N4O6P/c1-12-8-15(22)20(16(12)23)10-13-9-19(18-17-13)5-7-26-6-3-4-14(21)11-27(2,24)25/h9,12H,3-8,10-11H2,1-2H3,(H,24,25). The summed E-state index contributed by atoms with van der Waals surface area (Å²) in [7, 11) is -3.30. The Bertz CT molecular complexity index is 743. The number of imide groups is 1. The highest BCUT2D eigenvalue weighted by Crippen LogP contribution is 2.34. The molecule has 1 N–H and O–H groups in total. The van der Waals surface area contributed by atoms with E-state index in [1.807, 2.05) is 0 Å². The third-order valence-corrected chi connectivity index (χ3v) is 4.99. The lowest BCUT2D eigenvalue weighted by molar-refractivity contribution is -0.140. The van der Waals surface area contributed by atoms with Crippen molar-refractivity contribution in [3.05, 3.63) is 11.9 Å². The van der Waals surface area contributed by atoms with Crippen molar-refractivity contribution in [2.24, 2.45) is 5.92 Å². The molecule has 1 aliphatic rings. The number of aromatic nitrogens is 3. The number of ether oxygens (including phenoxy) is 1. The molecule has 2 amide bonds. The molecule has 2 unspecified atom stereocenters. The molecule has 1 aromatic heterocycles. The molecule has 2 heterocycles. The first-order chi connectivity index (χ1) is 12.7. The maximum Gasteiger partial charge on any atom is 0.232 e. The van der Waals surface area contributed by atoms with Crippen molar-refractivity contribution in [2.75, 3.05) is 26.0 Å². The third-order valence-electron chi connectivity index (χ3n) is 4.05. The van der Waals surface area contributed by atoms with E-state index in [1.54, 1.807) is 17.8 Å². The highest BCUT2D eigenvalue weighted by Gasteiger charge is 2.35. The zero-order valence-corrected chi connectivity index (χ0v) is 16.4. The van der Waals surface area contributed by atoms with Crippen LogP contribution >= 0.6 is 7.37 Å². The normalized spacial score (nSPS) is 19.5. The minimum atomic E-state index is -3.30. The first-order valence-electron chi connectivity index (χ1n) is 8.77. The Morgan fingerprint density at radius 3 is 2.78 bits per heavy atom. The van der Waals surface area contributed by atoms with Gasteiger partial charge < -0.3 is 9.63 Å². The summed E-state index contributed by atoms with van der Waals surface area (Å²) in [4.78, 5) is 45.5. The Balaban J connectivity index is 1.64. The Labute approximate surface area is 157 Å². The Morgan fingerprint density at radius 1 is 1.41 bits per heavy atom. The van der Waals surface area contributed by atoms with Gasteiger partial charge in [-0.2, -0.15) is 0 Å². The summed E-state index contributed by atoms with van der Waals surface area (Å²) in [5, 5.41) is 7.90.